The molecule has 2 heterocycles. The van der Waals surface area contributed by atoms with Crippen molar-refractivity contribution in [2.75, 3.05) is 6.54 Å². The first-order valence-electron chi connectivity index (χ1n) is 8.93. The first-order chi connectivity index (χ1) is 12.9. The molecule has 1 aromatic carbocycles. The molecule has 7 nitrogen and oxygen atoms in total. The summed E-state index contributed by atoms with van der Waals surface area (Å²) >= 11 is 1.52. The van der Waals surface area contributed by atoms with Crippen LogP contribution in [0.4, 0.5) is 14.5 Å². The number of halogens is 2. The van der Waals surface area contributed by atoms with E-state index in [4.69, 9.17) is 4.42 Å². The van der Waals surface area contributed by atoms with Crippen molar-refractivity contribution in [3.63, 3.8) is 0 Å². The number of hydrogen-bond acceptors (Lipinski definition) is 7. The maximum absolute atomic E-state index is 13.9. The Hall–Kier alpha value is -1.78. The number of hydrogen-bond donors (Lipinski definition) is 2. The zero-order valence-electron chi connectivity index (χ0n) is 14.5. The molecule has 1 aromatic heterocycles. The molecule has 1 saturated heterocycles. The second-order valence-corrected chi connectivity index (χ2v) is 8.45. The van der Waals surface area contributed by atoms with E-state index in [1.165, 1.54) is 23.9 Å². The summed E-state index contributed by atoms with van der Waals surface area (Å²) < 4.78 is 33.5. The van der Waals surface area contributed by atoms with Gasteiger partial charge in [0, 0.05) is 25.5 Å². The molecular formula is C17H20F2N4O3S. The van der Waals surface area contributed by atoms with Gasteiger partial charge in [-0.2, -0.15) is 0 Å². The first-order valence-corrected chi connectivity index (χ1v) is 9.91. The molecule has 10 heteroatoms. The van der Waals surface area contributed by atoms with Gasteiger partial charge >= 0.3 is 0 Å². The van der Waals surface area contributed by atoms with E-state index in [1.54, 1.807) is 6.07 Å². The highest BCUT2D eigenvalue weighted by molar-refractivity contribution is 7.99. The summed E-state index contributed by atoms with van der Waals surface area (Å²) in [5.41, 5.74) is 7.16. The Morgan fingerprint density at radius 1 is 1.41 bits per heavy atom. The van der Waals surface area contributed by atoms with Gasteiger partial charge in [0.05, 0.1) is 21.6 Å². The van der Waals surface area contributed by atoms with Gasteiger partial charge in [-0.05, 0) is 31.2 Å². The largest absolute Gasteiger partial charge is 0.440 e. The average Bonchev–Trinajstić information content (AvgIpc) is 3.25. The number of rotatable bonds is 5. The molecule has 2 fully saturated rings. The summed E-state index contributed by atoms with van der Waals surface area (Å²) in [5, 5.41) is 10.9. The molecule has 0 amide bonds. The number of nitro benzene ring substituents is 1. The Labute approximate surface area is 158 Å². The normalized spacial score (nSPS) is 27.9. The zero-order chi connectivity index (χ0) is 19.1. The van der Waals surface area contributed by atoms with Crippen molar-refractivity contribution < 1.29 is 18.1 Å². The van der Waals surface area contributed by atoms with E-state index in [-0.39, 0.29) is 24.4 Å². The summed E-state index contributed by atoms with van der Waals surface area (Å²) in [6.45, 7) is 0.717. The van der Waals surface area contributed by atoms with Crippen LogP contribution >= 0.6 is 11.8 Å². The first kappa shape index (κ1) is 18.6. The fourth-order valence-electron chi connectivity index (χ4n) is 3.95. The molecule has 1 aliphatic heterocycles. The van der Waals surface area contributed by atoms with Gasteiger partial charge in [-0.1, -0.05) is 0 Å². The number of oxazole rings is 1. The molecule has 2 atom stereocenters. The van der Waals surface area contributed by atoms with Crippen LogP contribution in [0, 0.1) is 16.0 Å². The summed E-state index contributed by atoms with van der Waals surface area (Å²) in [6.07, 6.45) is 1.87. The zero-order valence-corrected chi connectivity index (χ0v) is 15.4. The Kier molecular flexibility index (Phi) is 4.81. The van der Waals surface area contributed by atoms with Gasteiger partial charge in [-0.15, -0.1) is 11.8 Å². The van der Waals surface area contributed by atoms with Gasteiger partial charge in [-0.3, -0.25) is 15.5 Å². The third kappa shape index (κ3) is 3.78. The van der Waals surface area contributed by atoms with Crippen LogP contribution in [0.1, 0.15) is 38.0 Å². The highest BCUT2D eigenvalue weighted by Gasteiger charge is 2.48. The number of alkyl halides is 2. The number of nitrogens with one attached hydrogen (secondary N) is 2. The molecule has 146 valence electrons. The molecule has 1 aliphatic carbocycles. The smallest absolute Gasteiger partial charge is 0.273 e. The lowest BCUT2D eigenvalue weighted by molar-refractivity contribution is -0.384. The van der Waals surface area contributed by atoms with Crippen LogP contribution in [0.2, 0.25) is 0 Å². The number of aromatic nitrogens is 1. The lowest BCUT2D eigenvalue weighted by Gasteiger charge is -2.41. The van der Waals surface area contributed by atoms with Crippen LogP contribution in [-0.2, 0) is 5.75 Å². The molecule has 4 rings (SSSR count). The predicted octanol–water partition coefficient (Wildman–Crippen LogP) is 3.99. The van der Waals surface area contributed by atoms with E-state index in [1.807, 2.05) is 0 Å². The van der Waals surface area contributed by atoms with Crippen LogP contribution in [0.3, 0.4) is 0 Å². The Morgan fingerprint density at radius 2 is 2.26 bits per heavy atom. The van der Waals surface area contributed by atoms with E-state index in [2.05, 4.69) is 15.8 Å². The van der Waals surface area contributed by atoms with E-state index >= 15 is 0 Å². The number of nitrogens with zero attached hydrogens (tertiary/aromatic N) is 2. The highest BCUT2D eigenvalue weighted by atomic mass is 32.2. The number of fused-ring (bicyclic) bond motifs is 1. The number of benzene rings is 1. The fourth-order valence-corrected chi connectivity index (χ4v) is 5.28. The third-order valence-electron chi connectivity index (χ3n) is 5.30. The van der Waals surface area contributed by atoms with Crippen molar-refractivity contribution in [3.05, 3.63) is 34.2 Å². The molecule has 2 N–H and O–H groups in total. The van der Waals surface area contributed by atoms with Crippen LogP contribution in [0.15, 0.2) is 22.6 Å². The maximum Gasteiger partial charge on any atom is 0.273 e. The van der Waals surface area contributed by atoms with Gasteiger partial charge in [0.25, 0.3) is 5.69 Å². The summed E-state index contributed by atoms with van der Waals surface area (Å²) in [5.74, 6) is -1.92. The lowest BCUT2D eigenvalue weighted by atomic mass is 9.81. The molecular weight excluding hydrogens is 378 g/mol. The topological polar surface area (TPSA) is 93.2 Å². The number of hydrazine groups is 1. The van der Waals surface area contributed by atoms with E-state index in [0.29, 0.717) is 29.2 Å². The minimum absolute atomic E-state index is 0.0401. The van der Waals surface area contributed by atoms with E-state index in [9.17, 15) is 18.9 Å². The second-order valence-electron chi connectivity index (χ2n) is 7.15. The van der Waals surface area contributed by atoms with E-state index in [0.717, 1.165) is 19.4 Å². The number of thioether (sulfide) groups is 1. The second kappa shape index (κ2) is 6.99. The highest BCUT2D eigenvalue weighted by Crippen LogP contribution is 2.48. The molecule has 1 saturated carbocycles. The number of nitro groups is 1. The van der Waals surface area contributed by atoms with Crippen molar-refractivity contribution in [1.82, 2.24) is 15.8 Å². The fraction of sp³-hybridized carbons (Fsp3) is 0.588. The van der Waals surface area contributed by atoms with Gasteiger partial charge in [0.15, 0.2) is 5.58 Å². The predicted molar refractivity (Wildman–Crippen MR) is 97.3 cm³/mol. The summed E-state index contributed by atoms with van der Waals surface area (Å²) in [4.78, 5) is 14.3. The summed E-state index contributed by atoms with van der Waals surface area (Å²) in [6, 6.07) is 4.29. The summed E-state index contributed by atoms with van der Waals surface area (Å²) in [7, 11) is 0. The minimum atomic E-state index is -2.61. The lowest BCUT2D eigenvalue weighted by Crippen LogP contribution is -2.50. The van der Waals surface area contributed by atoms with Crippen molar-refractivity contribution in [2.45, 2.75) is 48.7 Å². The number of non-ortho nitro benzene ring substituents is 1. The van der Waals surface area contributed by atoms with Crippen LogP contribution in [0.5, 0.6) is 0 Å². The SMILES string of the molecule is O=[N+]([O-])c1ccc2nc(CSC3(C4CCCC(F)(F)C4)CCNN3)oc2c1. The standard InChI is InChI=1S/C17H20F2N4O3S/c18-16(19)5-1-2-11(9-16)17(6-7-20-22-17)27-10-15-21-13-4-3-12(23(24)25)8-14(13)26-15/h3-4,8,11,20,22H,1-2,5-7,9-10H2. The van der Waals surface area contributed by atoms with Crippen molar-refractivity contribution in [2.24, 2.45) is 5.92 Å². The Balaban J connectivity index is 1.51. The van der Waals surface area contributed by atoms with Gasteiger partial charge in [0.2, 0.25) is 11.8 Å². The Bertz CT molecular complexity index is 854. The van der Waals surface area contributed by atoms with Crippen molar-refractivity contribution >= 4 is 28.5 Å². The molecule has 0 radical (unpaired) electrons. The van der Waals surface area contributed by atoms with Crippen LogP contribution in [0.25, 0.3) is 11.1 Å². The van der Waals surface area contributed by atoms with Gasteiger partial charge in [0.1, 0.15) is 5.52 Å². The third-order valence-corrected chi connectivity index (χ3v) is 6.85. The van der Waals surface area contributed by atoms with Gasteiger partial charge in [-0.25, -0.2) is 19.2 Å². The van der Waals surface area contributed by atoms with Crippen LogP contribution < -0.4 is 10.9 Å². The Morgan fingerprint density at radius 3 is 2.96 bits per heavy atom. The average molecular weight is 398 g/mol. The maximum atomic E-state index is 13.9. The van der Waals surface area contributed by atoms with Crippen molar-refractivity contribution in [3.8, 4) is 0 Å². The molecule has 0 spiro atoms. The monoisotopic (exact) mass is 398 g/mol. The van der Waals surface area contributed by atoms with Crippen molar-refractivity contribution in [1.29, 1.82) is 0 Å². The minimum Gasteiger partial charge on any atom is -0.440 e. The quantitative estimate of drug-likeness (QED) is 0.581. The van der Waals surface area contributed by atoms with Crippen LogP contribution in [-0.4, -0.2) is 27.2 Å². The van der Waals surface area contributed by atoms with E-state index < -0.39 is 15.7 Å². The van der Waals surface area contributed by atoms with Gasteiger partial charge < -0.3 is 4.42 Å². The molecule has 2 aromatic rings. The molecule has 2 unspecified atom stereocenters. The molecule has 27 heavy (non-hydrogen) atoms. The molecule has 0 bridgehead atoms. The molecule has 2 aliphatic rings.